The standard InChI is InChI=1S/C20H24O6/c1-10(6-8-21)18(22)25-14-9-11(2)13-5-7-20(4,24)16(13)17-15(14)12(3)19(23)26-17/h5-7,13-17,21,24H,2-3,8-9H2,1,4H3/t13-,14-,15+,16-,17-,20+/m0/s1. The van der Waals surface area contributed by atoms with E-state index >= 15 is 0 Å². The lowest BCUT2D eigenvalue weighted by Crippen LogP contribution is -2.44. The number of fused-ring (bicyclic) bond motifs is 3. The van der Waals surface area contributed by atoms with E-state index in [1.807, 2.05) is 6.08 Å². The van der Waals surface area contributed by atoms with Crippen molar-refractivity contribution in [3.05, 3.63) is 48.1 Å². The minimum atomic E-state index is -1.16. The molecule has 26 heavy (non-hydrogen) atoms. The molecule has 0 amide bonds. The predicted octanol–water partition coefficient (Wildman–Crippen LogP) is 1.45. The number of carbonyl (C=O) groups is 2. The fraction of sp³-hybridized carbons (Fsp3) is 0.500. The molecule has 1 heterocycles. The molecule has 2 fully saturated rings. The first-order chi connectivity index (χ1) is 12.2. The van der Waals surface area contributed by atoms with Crippen LogP contribution in [0, 0.1) is 17.8 Å². The minimum Gasteiger partial charge on any atom is -0.458 e. The summed E-state index contributed by atoms with van der Waals surface area (Å²) in [6.07, 6.45) is 3.97. The minimum absolute atomic E-state index is 0.172. The Balaban J connectivity index is 1.97. The van der Waals surface area contributed by atoms with E-state index in [1.54, 1.807) is 19.9 Å². The lowest BCUT2D eigenvalue weighted by molar-refractivity contribution is -0.151. The second-order valence-corrected chi connectivity index (χ2v) is 7.43. The molecule has 0 aromatic heterocycles. The molecule has 0 bridgehead atoms. The van der Waals surface area contributed by atoms with Crippen LogP contribution in [-0.2, 0) is 19.1 Å². The number of rotatable bonds is 3. The molecular formula is C20H24O6. The molecule has 0 unspecified atom stereocenters. The van der Waals surface area contributed by atoms with E-state index < -0.39 is 41.6 Å². The van der Waals surface area contributed by atoms with Gasteiger partial charge in [-0.3, -0.25) is 0 Å². The summed E-state index contributed by atoms with van der Waals surface area (Å²) in [6.45, 7) is 10.9. The van der Waals surface area contributed by atoms with E-state index in [-0.39, 0.29) is 23.7 Å². The average Bonchev–Trinajstić information content (AvgIpc) is 2.98. The molecule has 6 nitrogen and oxygen atoms in total. The highest BCUT2D eigenvalue weighted by Gasteiger charge is 2.58. The first-order valence-electron chi connectivity index (χ1n) is 8.65. The van der Waals surface area contributed by atoms with Gasteiger partial charge in [0.1, 0.15) is 12.2 Å². The summed E-state index contributed by atoms with van der Waals surface area (Å²) >= 11 is 0. The van der Waals surface area contributed by atoms with Gasteiger partial charge >= 0.3 is 11.9 Å². The van der Waals surface area contributed by atoms with Crippen molar-refractivity contribution >= 4 is 11.9 Å². The number of ether oxygens (including phenoxy) is 2. The predicted molar refractivity (Wildman–Crippen MR) is 93.7 cm³/mol. The summed E-state index contributed by atoms with van der Waals surface area (Å²) in [5.74, 6) is -2.23. The van der Waals surface area contributed by atoms with Crippen LogP contribution in [0.5, 0.6) is 0 Å². The summed E-state index contributed by atoms with van der Waals surface area (Å²) in [4.78, 5) is 24.5. The summed E-state index contributed by atoms with van der Waals surface area (Å²) in [6, 6.07) is 0. The number of hydrogen-bond acceptors (Lipinski definition) is 6. The van der Waals surface area contributed by atoms with Gasteiger partial charge in [0.25, 0.3) is 0 Å². The summed E-state index contributed by atoms with van der Waals surface area (Å²) in [5.41, 5.74) is 0.172. The third-order valence-electron chi connectivity index (χ3n) is 5.63. The summed E-state index contributed by atoms with van der Waals surface area (Å²) in [5, 5.41) is 19.7. The van der Waals surface area contributed by atoms with Crippen LogP contribution in [0.1, 0.15) is 20.3 Å². The first-order valence-corrected chi connectivity index (χ1v) is 8.65. The van der Waals surface area contributed by atoms with Gasteiger partial charge in [0.15, 0.2) is 0 Å². The molecule has 2 N–H and O–H groups in total. The van der Waals surface area contributed by atoms with Gasteiger partial charge in [0.05, 0.1) is 18.1 Å². The van der Waals surface area contributed by atoms with Crippen molar-refractivity contribution < 1.29 is 29.3 Å². The van der Waals surface area contributed by atoms with Crippen LogP contribution < -0.4 is 0 Å². The number of hydrogen-bond donors (Lipinski definition) is 2. The van der Waals surface area contributed by atoms with Crippen LogP contribution in [0.2, 0.25) is 0 Å². The number of allylic oxidation sites excluding steroid dienone is 1. The van der Waals surface area contributed by atoms with Crippen LogP contribution in [0.4, 0.5) is 0 Å². The number of esters is 2. The van der Waals surface area contributed by atoms with Crippen LogP contribution in [0.25, 0.3) is 0 Å². The van der Waals surface area contributed by atoms with E-state index in [0.717, 1.165) is 5.57 Å². The Morgan fingerprint density at radius 1 is 1.50 bits per heavy atom. The zero-order valence-electron chi connectivity index (χ0n) is 15.0. The van der Waals surface area contributed by atoms with Gasteiger partial charge in [0, 0.05) is 29.4 Å². The van der Waals surface area contributed by atoms with Crippen LogP contribution in [-0.4, -0.2) is 46.6 Å². The topological polar surface area (TPSA) is 93.1 Å². The highest BCUT2D eigenvalue weighted by atomic mass is 16.6. The number of aliphatic hydroxyl groups excluding tert-OH is 1. The second kappa shape index (κ2) is 6.52. The van der Waals surface area contributed by atoms with Gasteiger partial charge < -0.3 is 19.7 Å². The highest BCUT2D eigenvalue weighted by Crippen LogP contribution is 2.51. The Labute approximate surface area is 152 Å². The van der Waals surface area contributed by atoms with Crippen LogP contribution >= 0.6 is 0 Å². The van der Waals surface area contributed by atoms with E-state index in [0.29, 0.717) is 6.42 Å². The van der Waals surface area contributed by atoms with Gasteiger partial charge in [-0.2, -0.15) is 0 Å². The fourth-order valence-electron chi connectivity index (χ4n) is 4.25. The van der Waals surface area contributed by atoms with Gasteiger partial charge in [-0.15, -0.1) is 0 Å². The molecule has 0 aromatic rings. The highest BCUT2D eigenvalue weighted by molar-refractivity contribution is 5.92. The lowest BCUT2D eigenvalue weighted by atomic mass is 9.76. The van der Waals surface area contributed by atoms with Crippen molar-refractivity contribution in [2.75, 3.05) is 6.61 Å². The van der Waals surface area contributed by atoms with Crippen molar-refractivity contribution in [1.82, 2.24) is 0 Å². The number of carbonyl (C=O) groups excluding carboxylic acids is 2. The zero-order chi connectivity index (χ0) is 19.2. The molecule has 6 heteroatoms. The van der Waals surface area contributed by atoms with Crippen molar-refractivity contribution in [1.29, 1.82) is 0 Å². The molecule has 1 saturated carbocycles. The van der Waals surface area contributed by atoms with E-state index in [9.17, 15) is 14.7 Å². The van der Waals surface area contributed by atoms with Gasteiger partial charge in [-0.25, -0.2) is 9.59 Å². The third kappa shape index (κ3) is 2.93. The average molecular weight is 360 g/mol. The molecular weight excluding hydrogens is 336 g/mol. The Hall–Kier alpha value is -2.18. The Morgan fingerprint density at radius 2 is 2.19 bits per heavy atom. The molecule has 0 spiro atoms. The lowest BCUT2D eigenvalue weighted by Gasteiger charge is -2.34. The maximum Gasteiger partial charge on any atom is 0.334 e. The molecule has 1 saturated heterocycles. The van der Waals surface area contributed by atoms with Crippen molar-refractivity contribution in [3.8, 4) is 0 Å². The second-order valence-electron chi connectivity index (χ2n) is 7.43. The normalized spacial score (nSPS) is 39.3. The SMILES string of the molecule is C=C1C(=O)O[C@H]2[C@H]1[C@@H](OC(=O)C(C)=CCO)CC(=C)[C@@H]1C=C[C@@](C)(O)[C@H]21. The third-order valence-corrected chi connectivity index (χ3v) is 5.63. The Kier molecular flexibility index (Phi) is 4.67. The molecule has 1 aliphatic heterocycles. The van der Waals surface area contributed by atoms with E-state index in [1.165, 1.54) is 6.08 Å². The molecule has 2 aliphatic carbocycles. The molecule has 3 rings (SSSR count). The fourth-order valence-corrected chi connectivity index (χ4v) is 4.25. The van der Waals surface area contributed by atoms with Gasteiger partial charge in [-0.1, -0.05) is 30.9 Å². The largest absolute Gasteiger partial charge is 0.458 e. The zero-order valence-corrected chi connectivity index (χ0v) is 15.0. The molecule has 140 valence electrons. The quantitative estimate of drug-likeness (QED) is 0.450. The maximum atomic E-state index is 12.3. The van der Waals surface area contributed by atoms with Crippen LogP contribution in [0.15, 0.2) is 48.1 Å². The number of aliphatic hydroxyl groups is 2. The Morgan fingerprint density at radius 3 is 2.85 bits per heavy atom. The van der Waals surface area contributed by atoms with E-state index in [4.69, 9.17) is 14.6 Å². The van der Waals surface area contributed by atoms with Crippen molar-refractivity contribution in [2.45, 2.75) is 38.1 Å². The smallest absolute Gasteiger partial charge is 0.334 e. The van der Waals surface area contributed by atoms with Crippen molar-refractivity contribution in [2.24, 2.45) is 17.8 Å². The maximum absolute atomic E-state index is 12.3. The summed E-state index contributed by atoms with van der Waals surface area (Å²) < 4.78 is 11.2. The summed E-state index contributed by atoms with van der Waals surface area (Å²) in [7, 11) is 0. The van der Waals surface area contributed by atoms with E-state index in [2.05, 4.69) is 13.2 Å². The van der Waals surface area contributed by atoms with Gasteiger partial charge in [0.2, 0.25) is 0 Å². The molecule has 0 aromatic carbocycles. The Bertz CT molecular complexity index is 729. The molecule has 6 atom stereocenters. The molecule has 3 aliphatic rings. The first kappa shape index (κ1) is 18.6. The van der Waals surface area contributed by atoms with Crippen molar-refractivity contribution in [3.63, 3.8) is 0 Å². The monoisotopic (exact) mass is 360 g/mol. The van der Waals surface area contributed by atoms with Gasteiger partial charge in [-0.05, 0) is 19.9 Å². The molecule has 0 radical (unpaired) electrons. The van der Waals surface area contributed by atoms with Crippen LogP contribution in [0.3, 0.4) is 0 Å².